The molecule has 80 valence electrons. The number of hydrogen-bond donors (Lipinski definition) is 1. The highest BCUT2D eigenvalue weighted by atomic mass is 35.5. The van der Waals surface area contributed by atoms with Gasteiger partial charge < -0.3 is 5.32 Å². The Hall–Kier alpha value is -0.610. The molecular formula is C9H15ClFN3. The molecule has 1 N–H and O–H groups in total. The predicted octanol–water partition coefficient (Wildman–Crippen LogP) is 1.83. The molecule has 0 atom stereocenters. The highest BCUT2D eigenvalue weighted by molar-refractivity contribution is 6.30. The standard InChI is InChI=1S/C9H15ClFN3/c1-7-8(6-12-5-3-4-11)9(10)14(2)13-7/h12H,3-6H2,1-2H3. The molecule has 1 heterocycles. The molecule has 0 aromatic carbocycles. The smallest absolute Gasteiger partial charge is 0.131 e. The van der Waals surface area contributed by atoms with Crippen molar-refractivity contribution in [3.05, 3.63) is 16.4 Å². The lowest BCUT2D eigenvalue weighted by Gasteiger charge is -2.02. The van der Waals surface area contributed by atoms with Crippen molar-refractivity contribution in [1.82, 2.24) is 15.1 Å². The van der Waals surface area contributed by atoms with Gasteiger partial charge >= 0.3 is 0 Å². The molecule has 5 heteroatoms. The third-order valence-corrected chi connectivity index (χ3v) is 2.53. The average Bonchev–Trinajstić information content (AvgIpc) is 2.38. The molecular weight excluding hydrogens is 205 g/mol. The molecule has 0 unspecified atom stereocenters. The Morgan fingerprint density at radius 3 is 2.79 bits per heavy atom. The molecule has 1 aromatic rings. The number of alkyl halides is 1. The van der Waals surface area contributed by atoms with Gasteiger partial charge in [-0.15, -0.1) is 0 Å². The quantitative estimate of drug-likeness (QED) is 0.766. The van der Waals surface area contributed by atoms with E-state index in [0.29, 0.717) is 24.7 Å². The minimum absolute atomic E-state index is 0.285. The Kier molecular flexibility index (Phi) is 4.35. The van der Waals surface area contributed by atoms with Gasteiger partial charge in [0.1, 0.15) is 5.15 Å². The summed E-state index contributed by atoms with van der Waals surface area (Å²) in [5.41, 5.74) is 1.92. The summed E-state index contributed by atoms with van der Waals surface area (Å²) in [5.74, 6) is 0. The van der Waals surface area contributed by atoms with E-state index in [0.717, 1.165) is 11.3 Å². The van der Waals surface area contributed by atoms with Gasteiger partial charge in [0.15, 0.2) is 0 Å². The summed E-state index contributed by atoms with van der Waals surface area (Å²) in [6.07, 6.45) is 0.539. The molecule has 0 spiro atoms. The Balaban J connectivity index is 2.49. The minimum atomic E-state index is -0.285. The number of nitrogens with one attached hydrogen (secondary N) is 1. The Labute approximate surface area is 88.2 Å². The highest BCUT2D eigenvalue weighted by Crippen LogP contribution is 2.17. The van der Waals surface area contributed by atoms with Gasteiger partial charge in [0.2, 0.25) is 0 Å². The number of aryl methyl sites for hydroxylation is 2. The van der Waals surface area contributed by atoms with E-state index in [4.69, 9.17) is 11.6 Å². The van der Waals surface area contributed by atoms with E-state index in [1.807, 2.05) is 6.92 Å². The van der Waals surface area contributed by atoms with Crippen molar-refractivity contribution < 1.29 is 4.39 Å². The van der Waals surface area contributed by atoms with Crippen molar-refractivity contribution in [2.24, 2.45) is 7.05 Å². The molecule has 0 aliphatic rings. The van der Waals surface area contributed by atoms with Gasteiger partial charge in [0.25, 0.3) is 0 Å². The summed E-state index contributed by atoms with van der Waals surface area (Å²) >= 11 is 6.01. The normalized spacial score (nSPS) is 10.9. The summed E-state index contributed by atoms with van der Waals surface area (Å²) in [6, 6.07) is 0. The van der Waals surface area contributed by atoms with Crippen LogP contribution in [0.15, 0.2) is 0 Å². The molecule has 0 bridgehead atoms. The van der Waals surface area contributed by atoms with Gasteiger partial charge in [-0.1, -0.05) is 11.6 Å². The maximum Gasteiger partial charge on any atom is 0.131 e. The largest absolute Gasteiger partial charge is 0.312 e. The number of nitrogens with zero attached hydrogens (tertiary/aromatic N) is 2. The van der Waals surface area contributed by atoms with Crippen LogP contribution in [0.4, 0.5) is 4.39 Å². The van der Waals surface area contributed by atoms with E-state index in [9.17, 15) is 4.39 Å². The van der Waals surface area contributed by atoms with Crippen LogP contribution >= 0.6 is 11.6 Å². The molecule has 0 saturated heterocycles. The first-order valence-corrected chi connectivity index (χ1v) is 4.99. The van der Waals surface area contributed by atoms with Crippen LogP contribution in [0.2, 0.25) is 5.15 Å². The Morgan fingerprint density at radius 1 is 1.57 bits per heavy atom. The zero-order valence-electron chi connectivity index (χ0n) is 8.48. The minimum Gasteiger partial charge on any atom is -0.312 e. The van der Waals surface area contributed by atoms with Crippen LogP contribution in [0, 0.1) is 6.92 Å². The van der Waals surface area contributed by atoms with Gasteiger partial charge in [0.05, 0.1) is 12.4 Å². The SMILES string of the molecule is Cc1nn(C)c(Cl)c1CNCCCF. The van der Waals surface area contributed by atoms with Crippen molar-refractivity contribution >= 4 is 11.6 Å². The Morgan fingerprint density at radius 2 is 2.29 bits per heavy atom. The Bertz CT molecular complexity index is 298. The fourth-order valence-electron chi connectivity index (χ4n) is 1.28. The van der Waals surface area contributed by atoms with Crippen molar-refractivity contribution in [3.63, 3.8) is 0 Å². The average molecular weight is 220 g/mol. The van der Waals surface area contributed by atoms with Crippen molar-refractivity contribution in [2.75, 3.05) is 13.2 Å². The lowest BCUT2D eigenvalue weighted by atomic mass is 10.2. The van der Waals surface area contributed by atoms with E-state index < -0.39 is 0 Å². The monoisotopic (exact) mass is 219 g/mol. The van der Waals surface area contributed by atoms with Crippen molar-refractivity contribution in [1.29, 1.82) is 0 Å². The molecule has 0 radical (unpaired) electrons. The fourth-order valence-corrected chi connectivity index (χ4v) is 1.52. The molecule has 0 saturated carbocycles. The van der Waals surface area contributed by atoms with Gasteiger partial charge in [-0.3, -0.25) is 9.07 Å². The second kappa shape index (κ2) is 5.32. The molecule has 1 aromatic heterocycles. The van der Waals surface area contributed by atoms with E-state index in [-0.39, 0.29) is 6.67 Å². The van der Waals surface area contributed by atoms with Gasteiger partial charge in [-0.05, 0) is 19.9 Å². The number of hydrogen-bond acceptors (Lipinski definition) is 2. The lowest BCUT2D eigenvalue weighted by Crippen LogP contribution is -2.15. The molecule has 0 aliphatic carbocycles. The summed E-state index contributed by atoms with van der Waals surface area (Å²) in [5, 5.41) is 7.95. The van der Waals surface area contributed by atoms with Gasteiger partial charge in [-0.25, -0.2) is 0 Å². The number of aromatic nitrogens is 2. The third-order valence-electron chi connectivity index (χ3n) is 2.06. The lowest BCUT2D eigenvalue weighted by molar-refractivity contribution is 0.459. The maximum absolute atomic E-state index is 11.8. The molecule has 0 amide bonds. The molecule has 3 nitrogen and oxygen atoms in total. The molecule has 1 rings (SSSR count). The van der Waals surface area contributed by atoms with Crippen LogP contribution in [-0.2, 0) is 13.6 Å². The zero-order chi connectivity index (χ0) is 10.6. The van der Waals surface area contributed by atoms with Crippen LogP contribution in [0.25, 0.3) is 0 Å². The van der Waals surface area contributed by atoms with Crippen LogP contribution < -0.4 is 5.32 Å². The topological polar surface area (TPSA) is 29.9 Å². The van der Waals surface area contributed by atoms with E-state index in [1.54, 1.807) is 11.7 Å². The van der Waals surface area contributed by atoms with E-state index >= 15 is 0 Å². The van der Waals surface area contributed by atoms with Crippen LogP contribution in [-0.4, -0.2) is 23.0 Å². The molecule has 14 heavy (non-hydrogen) atoms. The summed E-state index contributed by atoms with van der Waals surface area (Å²) in [6.45, 7) is 2.95. The zero-order valence-corrected chi connectivity index (χ0v) is 9.23. The third kappa shape index (κ3) is 2.69. The molecule has 0 aliphatic heterocycles. The maximum atomic E-state index is 11.8. The molecule has 0 fully saturated rings. The second-order valence-electron chi connectivity index (χ2n) is 3.20. The summed E-state index contributed by atoms with van der Waals surface area (Å²) in [7, 11) is 1.81. The first-order valence-electron chi connectivity index (χ1n) is 4.61. The summed E-state index contributed by atoms with van der Waals surface area (Å²) in [4.78, 5) is 0. The van der Waals surface area contributed by atoms with Gasteiger partial charge in [-0.2, -0.15) is 5.10 Å². The van der Waals surface area contributed by atoms with Crippen LogP contribution in [0.5, 0.6) is 0 Å². The second-order valence-corrected chi connectivity index (χ2v) is 3.56. The van der Waals surface area contributed by atoms with Crippen LogP contribution in [0.1, 0.15) is 17.7 Å². The predicted molar refractivity (Wildman–Crippen MR) is 55.3 cm³/mol. The first kappa shape index (κ1) is 11.5. The first-order chi connectivity index (χ1) is 6.66. The fraction of sp³-hybridized carbons (Fsp3) is 0.667. The van der Waals surface area contributed by atoms with Crippen molar-refractivity contribution in [3.8, 4) is 0 Å². The van der Waals surface area contributed by atoms with Gasteiger partial charge in [0, 0.05) is 19.2 Å². The van der Waals surface area contributed by atoms with Crippen LogP contribution in [0.3, 0.4) is 0 Å². The summed E-state index contributed by atoms with van der Waals surface area (Å²) < 4.78 is 13.4. The number of rotatable bonds is 5. The van der Waals surface area contributed by atoms with E-state index in [2.05, 4.69) is 10.4 Å². The van der Waals surface area contributed by atoms with Crippen molar-refractivity contribution in [2.45, 2.75) is 19.9 Å². The highest BCUT2D eigenvalue weighted by Gasteiger charge is 2.09. The number of halogens is 2. The van der Waals surface area contributed by atoms with E-state index in [1.165, 1.54) is 0 Å².